The van der Waals surface area contributed by atoms with Gasteiger partial charge in [0.2, 0.25) is 5.91 Å². The van der Waals surface area contributed by atoms with Gasteiger partial charge in [0.15, 0.2) is 5.17 Å². The number of anilines is 2. The van der Waals surface area contributed by atoms with E-state index in [1.54, 1.807) is 30.3 Å². The van der Waals surface area contributed by atoms with Crippen LogP contribution in [0.2, 0.25) is 10.0 Å². The van der Waals surface area contributed by atoms with Crippen molar-refractivity contribution in [1.29, 1.82) is 0 Å². The van der Waals surface area contributed by atoms with Crippen molar-refractivity contribution >= 4 is 73.3 Å². The van der Waals surface area contributed by atoms with Crippen LogP contribution in [-0.2, 0) is 14.8 Å². The molecule has 0 bridgehead atoms. The molecule has 0 saturated heterocycles. The Kier molecular flexibility index (Phi) is 5.67. The molecule has 2 aromatic carbocycles. The highest BCUT2D eigenvalue weighted by atomic mass is 35.5. The van der Waals surface area contributed by atoms with Gasteiger partial charge in [0.1, 0.15) is 0 Å². The summed E-state index contributed by atoms with van der Waals surface area (Å²) in [5.74, 6) is -0.949. The number of halogens is 2. The number of carbonyl (C=O) groups is 2. The lowest BCUT2D eigenvalue weighted by Crippen LogP contribution is -2.35. The van der Waals surface area contributed by atoms with E-state index in [4.69, 9.17) is 23.2 Å². The van der Waals surface area contributed by atoms with Crippen molar-refractivity contribution in [3.8, 4) is 0 Å². The average Bonchev–Trinajstić information content (AvgIpc) is 3.04. The Morgan fingerprint density at radius 1 is 1.17 bits per heavy atom. The van der Waals surface area contributed by atoms with Gasteiger partial charge in [-0.1, -0.05) is 23.2 Å². The predicted octanol–water partition coefficient (Wildman–Crippen LogP) is 2.97. The highest BCUT2D eigenvalue weighted by Crippen LogP contribution is 2.42. The third-order valence-corrected chi connectivity index (χ3v) is 7.22. The van der Waals surface area contributed by atoms with Crippen LogP contribution < -0.4 is 15.5 Å². The van der Waals surface area contributed by atoms with E-state index in [2.05, 4.69) is 15.0 Å². The van der Waals surface area contributed by atoms with Crippen molar-refractivity contribution in [3.63, 3.8) is 0 Å². The van der Waals surface area contributed by atoms with Gasteiger partial charge in [0.25, 0.3) is 15.9 Å². The van der Waals surface area contributed by atoms with E-state index in [-0.39, 0.29) is 12.3 Å². The number of nitrogens with zero attached hydrogens (tertiary/aromatic N) is 2. The Morgan fingerprint density at radius 2 is 1.97 bits per heavy atom. The molecule has 156 valence electrons. The van der Waals surface area contributed by atoms with Crippen LogP contribution in [0.15, 0.2) is 45.7 Å². The van der Waals surface area contributed by atoms with Crippen LogP contribution in [0.4, 0.5) is 11.4 Å². The minimum absolute atomic E-state index is 0.0511. The molecule has 2 heterocycles. The van der Waals surface area contributed by atoms with E-state index < -0.39 is 21.8 Å². The second kappa shape index (κ2) is 8.10. The Morgan fingerprint density at radius 3 is 2.77 bits per heavy atom. The summed E-state index contributed by atoms with van der Waals surface area (Å²) < 4.78 is 27.2. The monoisotopic (exact) mass is 484 g/mol. The van der Waals surface area contributed by atoms with Gasteiger partial charge in [-0.05, 0) is 48.2 Å². The van der Waals surface area contributed by atoms with Gasteiger partial charge in [-0.3, -0.25) is 9.59 Å². The highest BCUT2D eigenvalue weighted by molar-refractivity contribution is 8.15. The molecule has 30 heavy (non-hydrogen) atoms. The largest absolute Gasteiger partial charge is 0.343 e. The molecule has 8 nitrogen and oxygen atoms in total. The van der Waals surface area contributed by atoms with Crippen LogP contribution in [0.25, 0.3) is 0 Å². The second-order valence-electron chi connectivity index (χ2n) is 6.45. The normalized spacial score (nSPS) is 16.3. The van der Waals surface area contributed by atoms with E-state index in [1.807, 2.05) is 4.90 Å². The number of hydrogen-bond acceptors (Lipinski definition) is 6. The van der Waals surface area contributed by atoms with Gasteiger partial charge in [-0.15, -0.1) is 4.40 Å². The quantitative estimate of drug-likeness (QED) is 0.690. The summed E-state index contributed by atoms with van der Waals surface area (Å²) in [4.78, 5) is 27.1. The van der Waals surface area contributed by atoms with Gasteiger partial charge in [-0.2, -0.15) is 0 Å². The number of sulfonamides is 1. The minimum Gasteiger partial charge on any atom is -0.343 e. The van der Waals surface area contributed by atoms with Gasteiger partial charge in [0.05, 0.1) is 28.7 Å². The zero-order chi connectivity index (χ0) is 21.5. The molecule has 0 aliphatic carbocycles. The Labute approximate surface area is 186 Å². The van der Waals surface area contributed by atoms with Gasteiger partial charge in [-0.25, -0.2) is 8.42 Å². The first kappa shape index (κ1) is 21.0. The number of fused-ring (bicyclic) bond motifs is 3. The third-order valence-electron chi connectivity index (χ3n) is 4.35. The van der Waals surface area contributed by atoms with E-state index in [0.717, 1.165) is 10.6 Å². The summed E-state index contributed by atoms with van der Waals surface area (Å²) >= 11 is 13.1. The maximum Gasteiger partial charge on any atom is 0.257 e. The van der Waals surface area contributed by atoms with Crippen molar-refractivity contribution in [2.24, 2.45) is 4.40 Å². The standard InChI is InChI=1S/C18H14Cl2N4O4S2/c19-11-2-3-12(20)13(8-11)22-16(25)9-21-17(26)10-1-4-14-15(7-10)29-18-23-30(27,28)6-5-24(14)18/h1-4,7-8H,5-6,9H2,(H,21,26)(H,22,25). The molecule has 0 aromatic heterocycles. The van der Waals surface area contributed by atoms with Crippen molar-refractivity contribution in [2.75, 3.05) is 29.1 Å². The fourth-order valence-corrected chi connectivity index (χ4v) is 5.56. The fraction of sp³-hybridized carbons (Fsp3) is 0.167. The molecule has 0 saturated carbocycles. The number of rotatable bonds is 4. The maximum absolute atomic E-state index is 12.5. The lowest BCUT2D eigenvalue weighted by Gasteiger charge is -2.22. The van der Waals surface area contributed by atoms with E-state index in [9.17, 15) is 18.0 Å². The van der Waals surface area contributed by atoms with Crippen LogP contribution in [0.3, 0.4) is 0 Å². The van der Waals surface area contributed by atoms with Crippen molar-refractivity contribution < 1.29 is 18.0 Å². The summed E-state index contributed by atoms with van der Waals surface area (Å²) in [6, 6.07) is 9.67. The Bertz CT molecular complexity index is 1200. The van der Waals surface area contributed by atoms with Crippen molar-refractivity contribution in [3.05, 3.63) is 52.0 Å². The summed E-state index contributed by atoms with van der Waals surface area (Å²) in [7, 11) is -3.45. The molecule has 2 aliphatic rings. The topological polar surface area (TPSA) is 108 Å². The molecule has 2 N–H and O–H groups in total. The molecule has 12 heteroatoms. The lowest BCUT2D eigenvalue weighted by molar-refractivity contribution is -0.115. The van der Waals surface area contributed by atoms with E-state index in [0.29, 0.717) is 33.0 Å². The predicted molar refractivity (Wildman–Crippen MR) is 118 cm³/mol. The van der Waals surface area contributed by atoms with Crippen LogP contribution in [0.5, 0.6) is 0 Å². The fourth-order valence-electron chi connectivity index (χ4n) is 2.92. The number of benzene rings is 2. The number of thioether (sulfide) groups is 1. The van der Waals surface area contributed by atoms with Crippen LogP contribution in [0.1, 0.15) is 10.4 Å². The van der Waals surface area contributed by atoms with Crippen molar-refractivity contribution in [2.45, 2.75) is 4.90 Å². The smallest absolute Gasteiger partial charge is 0.257 e. The molecular weight excluding hydrogens is 471 g/mol. The maximum atomic E-state index is 12.5. The molecule has 2 aliphatic heterocycles. The SMILES string of the molecule is O=C(CNC(=O)c1ccc2c(c1)SC1=NS(=O)(=O)CCN12)Nc1cc(Cl)ccc1Cl. The first-order valence-electron chi connectivity index (χ1n) is 8.67. The van der Waals surface area contributed by atoms with E-state index >= 15 is 0 Å². The molecule has 2 aromatic rings. The molecule has 0 unspecified atom stereocenters. The molecular formula is C18H14Cl2N4O4S2. The molecule has 0 spiro atoms. The molecule has 0 atom stereocenters. The van der Waals surface area contributed by atoms with Crippen LogP contribution >= 0.6 is 35.0 Å². The van der Waals surface area contributed by atoms with Gasteiger partial charge < -0.3 is 15.5 Å². The first-order chi connectivity index (χ1) is 14.2. The van der Waals surface area contributed by atoms with Crippen LogP contribution in [0, 0.1) is 0 Å². The van der Waals surface area contributed by atoms with Gasteiger partial charge in [0, 0.05) is 22.0 Å². The van der Waals surface area contributed by atoms with Crippen LogP contribution in [-0.4, -0.2) is 44.2 Å². The number of amidine groups is 1. The number of hydrogen-bond donors (Lipinski definition) is 2. The highest BCUT2D eigenvalue weighted by Gasteiger charge is 2.33. The second-order valence-corrected chi connectivity index (χ2v) is 10.1. The third kappa shape index (κ3) is 4.41. The number of amides is 2. The van der Waals surface area contributed by atoms with Gasteiger partial charge >= 0.3 is 0 Å². The summed E-state index contributed by atoms with van der Waals surface area (Å²) in [5, 5.41) is 6.26. The summed E-state index contributed by atoms with van der Waals surface area (Å²) in [5.41, 5.74) is 1.50. The molecule has 4 rings (SSSR count). The lowest BCUT2D eigenvalue weighted by atomic mass is 10.2. The number of nitrogens with one attached hydrogen (secondary N) is 2. The zero-order valence-corrected chi connectivity index (χ0v) is 18.3. The molecule has 2 amide bonds. The summed E-state index contributed by atoms with van der Waals surface area (Å²) in [6.07, 6.45) is 0. The average molecular weight is 485 g/mol. The minimum atomic E-state index is -3.45. The molecule has 0 radical (unpaired) electrons. The van der Waals surface area contributed by atoms with Crippen molar-refractivity contribution in [1.82, 2.24) is 5.32 Å². The zero-order valence-electron chi connectivity index (χ0n) is 15.2. The first-order valence-corrected chi connectivity index (χ1v) is 11.9. The molecule has 0 fully saturated rings. The Hall–Kier alpha value is -2.27. The van der Waals surface area contributed by atoms with E-state index in [1.165, 1.54) is 17.8 Å². The Balaban J connectivity index is 1.41. The number of carbonyl (C=O) groups excluding carboxylic acids is 2. The summed E-state index contributed by atoms with van der Waals surface area (Å²) in [6.45, 7) is 0.0575.